The highest BCUT2D eigenvalue weighted by atomic mass is 35.5. The van der Waals surface area contributed by atoms with Gasteiger partial charge in [-0.15, -0.1) is 13.2 Å². The first-order chi connectivity index (χ1) is 23.1. The Morgan fingerprint density at radius 1 is 1.17 bits per heavy atom. The van der Waals surface area contributed by atoms with Crippen LogP contribution in [0.2, 0.25) is 5.02 Å². The SMILES string of the molecule is C=CCCC(=O)N[C@H](C)[C@@H](OC(=O)[C@@H]1[C@H]2C(=O)N([C@@H](CC)CO)[C@H](C(=O)N(CC=C)c3ccccc3Cl)[C@]23CC[C@H]1O3)c1ccccc1. The van der Waals surface area contributed by atoms with E-state index in [2.05, 4.69) is 18.5 Å². The van der Waals surface area contributed by atoms with Crippen molar-refractivity contribution in [2.45, 2.75) is 81.9 Å². The summed E-state index contributed by atoms with van der Waals surface area (Å²) in [6.07, 6.45) is 3.67. The summed E-state index contributed by atoms with van der Waals surface area (Å²) >= 11 is 6.55. The van der Waals surface area contributed by atoms with Gasteiger partial charge in [0.05, 0.1) is 47.3 Å². The molecule has 1 spiro atoms. The molecule has 0 aliphatic carbocycles. The number of amides is 3. The summed E-state index contributed by atoms with van der Waals surface area (Å²) in [6.45, 7) is 10.8. The lowest BCUT2D eigenvalue weighted by atomic mass is 9.70. The van der Waals surface area contributed by atoms with Crippen molar-refractivity contribution < 1.29 is 33.8 Å². The Kier molecular flexibility index (Phi) is 11.1. The van der Waals surface area contributed by atoms with Gasteiger partial charge >= 0.3 is 5.97 Å². The molecule has 3 aliphatic heterocycles. The number of hydrogen-bond acceptors (Lipinski definition) is 7. The molecule has 3 heterocycles. The number of carbonyl (C=O) groups excluding carboxylic acids is 4. The normalized spacial score (nSPS) is 25.9. The molecule has 2 aromatic carbocycles. The number of para-hydroxylation sites is 1. The molecular weight excluding hydrogens is 634 g/mol. The summed E-state index contributed by atoms with van der Waals surface area (Å²) in [6, 6.07) is 13.6. The number of allylic oxidation sites excluding steroid dienone is 1. The molecule has 10 nitrogen and oxygen atoms in total. The topological polar surface area (TPSA) is 125 Å². The number of likely N-dealkylation sites (tertiary alicyclic amines) is 1. The van der Waals surface area contributed by atoms with Crippen LogP contribution in [0, 0.1) is 11.8 Å². The van der Waals surface area contributed by atoms with E-state index < -0.39 is 65.6 Å². The van der Waals surface area contributed by atoms with Crippen molar-refractivity contribution in [2.75, 3.05) is 18.1 Å². The lowest BCUT2D eigenvalue weighted by Gasteiger charge is -2.39. The first-order valence-corrected chi connectivity index (χ1v) is 16.9. The molecule has 3 saturated heterocycles. The Morgan fingerprint density at radius 3 is 2.52 bits per heavy atom. The number of nitrogens with zero attached hydrogens (tertiary/aromatic N) is 2. The molecule has 0 saturated carbocycles. The Bertz CT molecular complexity index is 1530. The molecule has 8 atom stereocenters. The van der Waals surface area contributed by atoms with Gasteiger partial charge in [-0.25, -0.2) is 0 Å². The number of carbonyl (C=O) groups is 4. The number of aliphatic hydroxyl groups excluding tert-OH is 1. The van der Waals surface area contributed by atoms with Gasteiger partial charge in [0.15, 0.2) is 0 Å². The Hall–Kier alpha value is -3.99. The molecule has 0 unspecified atom stereocenters. The molecule has 2 aromatic rings. The third kappa shape index (κ3) is 6.41. The molecule has 0 aromatic heterocycles. The van der Waals surface area contributed by atoms with Gasteiger partial charge in [-0.1, -0.05) is 73.1 Å². The third-order valence-electron chi connectivity index (χ3n) is 9.83. The zero-order valence-electron chi connectivity index (χ0n) is 27.4. The highest BCUT2D eigenvalue weighted by molar-refractivity contribution is 6.34. The predicted octanol–water partition coefficient (Wildman–Crippen LogP) is 4.76. The van der Waals surface area contributed by atoms with Crippen LogP contribution in [0.3, 0.4) is 0 Å². The fraction of sp³-hybridized carbons (Fsp3) is 0.459. The van der Waals surface area contributed by atoms with Crippen LogP contribution in [0.5, 0.6) is 0 Å². The summed E-state index contributed by atoms with van der Waals surface area (Å²) in [4.78, 5) is 59.1. The number of benzene rings is 2. The van der Waals surface area contributed by atoms with E-state index >= 15 is 0 Å². The van der Waals surface area contributed by atoms with Gasteiger partial charge in [0.2, 0.25) is 11.8 Å². The van der Waals surface area contributed by atoms with E-state index in [0.29, 0.717) is 42.0 Å². The molecule has 3 fully saturated rings. The zero-order chi connectivity index (χ0) is 34.6. The highest BCUT2D eigenvalue weighted by Gasteiger charge is 2.75. The van der Waals surface area contributed by atoms with Gasteiger partial charge in [0.1, 0.15) is 17.7 Å². The van der Waals surface area contributed by atoms with Crippen molar-refractivity contribution in [1.29, 1.82) is 0 Å². The number of halogens is 1. The summed E-state index contributed by atoms with van der Waals surface area (Å²) in [7, 11) is 0. The number of nitrogens with one attached hydrogen (secondary N) is 1. The lowest BCUT2D eigenvalue weighted by Crippen LogP contribution is -2.59. The van der Waals surface area contributed by atoms with E-state index in [4.69, 9.17) is 21.1 Å². The van der Waals surface area contributed by atoms with Crippen LogP contribution >= 0.6 is 11.6 Å². The summed E-state index contributed by atoms with van der Waals surface area (Å²) in [5.74, 6) is -3.71. The highest BCUT2D eigenvalue weighted by Crippen LogP contribution is 2.59. The third-order valence-corrected chi connectivity index (χ3v) is 10.1. The van der Waals surface area contributed by atoms with Gasteiger partial charge in [-0.05, 0) is 50.3 Å². The minimum Gasteiger partial charge on any atom is -0.455 e. The second kappa shape index (κ2) is 15.1. The molecule has 256 valence electrons. The standard InChI is InChI=1S/C37H44ClN3O7/c1-5-8-18-29(43)39-23(4)32(24-14-10-9-11-15-24)47-36(46)30-28-19-20-37(48-28)31(30)34(44)41(25(7-3)22-42)33(37)35(45)40(21-6-2)27-17-13-12-16-26(27)38/h5-6,9-17,23,25,28,30-33,42H,1-2,7-8,18-22H2,3-4H3,(H,39,43)/t23-,25+,28-,30+,31+,32-,33-,37+/m1/s1. The number of fused-ring (bicyclic) bond motifs is 1. The predicted molar refractivity (Wildman–Crippen MR) is 182 cm³/mol. The molecule has 3 amide bonds. The summed E-state index contributed by atoms with van der Waals surface area (Å²) < 4.78 is 12.8. The van der Waals surface area contributed by atoms with Crippen molar-refractivity contribution in [1.82, 2.24) is 10.2 Å². The van der Waals surface area contributed by atoms with E-state index in [0.717, 1.165) is 0 Å². The molecule has 2 bridgehead atoms. The van der Waals surface area contributed by atoms with E-state index in [1.54, 1.807) is 43.3 Å². The number of hydrogen-bond donors (Lipinski definition) is 2. The van der Waals surface area contributed by atoms with Crippen LogP contribution < -0.4 is 10.2 Å². The van der Waals surface area contributed by atoms with Crippen molar-refractivity contribution in [3.63, 3.8) is 0 Å². The molecule has 5 rings (SSSR count). The Morgan fingerprint density at radius 2 is 1.88 bits per heavy atom. The summed E-state index contributed by atoms with van der Waals surface area (Å²) in [5.41, 5.74) is -0.190. The van der Waals surface area contributed by atoms with Gasteiger partial charge in [0.25, 0.3) is 5.91 Å². The van der Waals surface area contributed by atoms with Crippen LogP contribution in [0.25, 0.3) is 0 Å². The van der Waals surface area contributed by atoms with Crippen molar-refractivity contribution >= 4 is 41.0 Å². The van der Waals surface area contributed by atoms with Gasteiger partial charge in [0, 0.05) is 13.0 Å². The van der Waals surface area contributed by atoms with E-state index in [1.807, 2.05) is 37.3 Å². The quantitative estimate of drug-likeness (QED) is 0.206. The maximum Gasteiger partial charge on any atom is 0.313 e. The first kappa shape index (κ1) is 35.3. The van der Waals surface area contributed by atoms with Crippen molar-refractivity contribution in [3.8, 4) is 0 Å². The van der Waals surface area contributed by atoms with Gasteiger partial charge in [-0.3, -0.25) is 19.2 Å². The van der Waals surface area contributed by atoms with Crippen LogP contribution in [0.1, 0.15) is 57.6 Å². The average Bonchev–Trinajstić information content (AvgIpc) is 3.73. The first-order valence-electron chi connectivity index (χ1n) is 16.6. The number of ether oxygens (including phenoxy) is 2. The number of rotatable bonds is 15. The number of aliphatic hydroxyl groups is 1. The number of esters is 1. The zero-order valence-corrected chi connectivity index (χ0v) is 28.2. The molecule has 0 radical (unpaired) electrons. The molecule has 3 aliphatic rings. The molecule has 2 N–H and O–H groups in total. The number of anilines is 1. The summed E-state index contributed by atoms with van der Waals surface area (Å²) in [5, 5.41) is 13.7. The minimum absolute atomic E-state index is 0.113. The lowest BCUT2D eigenvalue weighted by molar-refractivity contribution is -0.162. The van der Waals surface area contributed by atoms with E-state index in [1.165, 1.54) is 9.80 Å². The van der Waals surface area contributed by atoms with Gasteiger partial charge in [-0.2, -0.15) is 0 Å². The van der Waals surface area contributed by atoms with Gasteiger partial charge < -0.3 is 29.7 Å². The minimum atomic E-state index is -1.32. The average molecular weight is 678 g/mol. The second-order valence-electron chi connectivity index (χ2n) is 12.7. The van der Waals surface area contributed by atoms with Crippen molar-refractivity contribution in [2.24, 2.45) is 11.8 Å². The fourth-order valence-electron chi connectivity index (χ4n) is 7.64. The van der Waals surface area contributed by atoms with Crippen LogP contribution in [0.15, 0.2) is 79.9 Å². The second-order valence-corrected chi connectivity index (χ2v) is 13.1. The van der Waals surface area contributed by atoms with Crippen molar-refractivity contribution in [3.05, 3.63) is 90.5 Å². The van der Waals surface area contributed by atoms with E-state index in [-0.39, 0.29) is 25.5 Å². The van der Waals surface area contributed by atoms with E-state index in [9.17, 15) is 24.3 Å². The van der Waals surface area contributed by atoms with Crippen LogP contribution in [-0.2, 0) is 28.7 Å². The largest absolute Gasteiger partial charge is 0.455 e. The maximum absolute atomic E-state index is 14.7. The van der Waals surface area contributed by atoms with Crippen LogP contribution in [0.4, 0.5) is 5.69 Å². The monoisotopic (exact) mass is 677 g/mol. The molecule has 48 heavy (non-hydrogen) atoms. The van der Waals surface area contributed by atoms with Crippen LogP contribution in [-0.4, -0.2) is 76.7 Å². The maximum atomic E-state index is 14.7. The fourth-order valence-corrected chi connectivity index (χ4v) is 7.88. The smallest absolute Gasteiger partial charge is 0.313 e. The molecular formula is C37H44ClN3O7. The Labute approximate surface area is 286 Å². The molecule has 11 heteroatoms. The Balaban J connectivity index is 1.50.